The van der Waals surface area contributed by atoms with E-state index in [1.54, 1.807) is 69.1 Å². The topological polar surface area (TPSA) is 131 Å². The van der Waals surface area contributed by atoms with Crippen LogP contribution in [0.2, 0.25) is 0 Å². The summed E-state index contributed by atoms with van der Waals surface area (Å²) in [6.07, 6.45) is -1.62. The molecule has 3 atom stereocenters. The maximum atomic E-state index is 13.9. The lowest BCUT2D eigenvalue weighted by Crippen LogP contribution is -2.59. The summed E-state index contributed by atoms with van der Waals surface area (Å²) in [5.41, 5.74) is 2.19. The Morgan fingerprint density at radius 3 is 2.26 bits per heavy atom. The number of likely N-dealkylation sites (tertiary alicyclic amines) is 1. The average Bonchev–Trinajstić information content (AvgIpc) is 3.48. The lowest BCUT2D eigenvalue weighted by Gasteiger charge is -2.40. The van der Waals surface area contributed by atoms with E-state index in [1.807, 2.05) is 48.5 Å². The number of nitrogens with zero attached hydrogens (tertiary/aromatic N) is 4. The minimum atomic E-state index is -1.01. The molecule has 2 aliphatic rings. The molecule has 12 heteroatoms. The molecule has 12 nitrogen and oxygen atoms in total. The van der Waals surface area contributed by atoms with Gasteiger partial charge in [-0.15, -0.1) is 0 Å². The van der Waals surface area contributed by atoms with Crippen LogP contribution in [0.25, 0.3) is 0 Å². The summed E-state index contributed by atoms with van der Waals surface area (Å²) in [6, 6.07) is 21.6. The predicted molar refractivity (Wildman–Crippen MR) is 176 cm³/mol. The van der Waals surface area contributed by atoms with Crippen LogP contribution in [0.1, 0.15) is 32.8 Å². The number of anilines is 1. The third-order valence-electron chi connectivity index (χ3n) is 7.83. The number of hydrogen-bond acceptors (Lipinski definition) is 9. The average molecular weight is 644 g/mol. The van der Waals surface area contributed by atoms with Gasteiger partial charge in [-0.3, -0.25) is 9.59 Å². The molecule has 1 N–H and O–H groups in total. The minimum Gasteiger partial charge on any atom is -0.493 e. The van der Waals surface area contributed by atoms with E-state index in [9.17, 15) is 14.4 Å². The number of ether oxygens (including phenoxy) is 4. The lowest BCUT2D eigenvalue weighted by molar-refractivity contribution is -0.168. The van der Waals surface area contributed by atoms with E-state index in [1.165, 1.54) is 0 Å². The Labute approximate surface area is 274 Å². The first-order valence-corrected chi connectivity index (χ1v) is 15.5. The zero-order valence-electron chi connectivity index (χ0n) is 27.3. The second kappa shape index (κ2) is 14.6. The van der Waals surface area contributed by atoms with E-state index < -0.39 is 23.9 Å². The van der Waals surface area contributed by atoms with E-state index in [4.69, 9.17) is 18.9 Å². The van der Waals surface area contributed by atoms with Crippen LogP contribution >= 0.6 is 0 Å². The second-order valence-corrected chi connectivity index (χ2v) is 12.4. The lowest BCUT2D eigenvalue weighted by atomic mass is 10.0. The summed E-state index contributed by atoms with van der Waals surface area (Å²) >= 11 is 0. The fourth-order valence-electron chi connectivity index (χ4n) is 5.58. The Bertz CT molecular complexity index is 1590. The van der Waals surface area contributed by atoms with Crippen molar-refractivity contribution in [3.8, 4) is 11.5 Å². The molecule has 0 bridgehead atoms. The third kappa shape index (κ3) is 8.64. The zero-order chi connectivity index (χ0) is 33.6. The number of amides is 3. The van der Waals surface area contributed by atoms with Crippen LogP contribution in [-0.2, 0) is 25.5 Å². The smallest absolute Gasteiger partial charge is 0.410 e. The fraction of sp³-hybridized carbons (Fsp3) is 0.400. The molecule has 2 saturated heterocycles. The van der Waals surface area contributed by atoms with Gasteiger partial charge < -0.3 is 34.1 Å². The Balaban J connectivity index is 1.26. The van der Waals surface area contributed by atoms with Gasteiger partial charge in [-0.25, -0.2) is 4.79 Å². The quantitative estimate of drug-likeness (QED) is 0.272. The predicted octanol–water partition coefficient (Wildman–Crippen LogP) is 5.91. The van der Waals surface area contributed by atoms with Gasteiger partial charge in [-0.05, 0) is 81.3 Å². The van der Waals surface area contributed by atoms with Crippen molar-refractivity contribution in [2.24, 2.45) is 10.2 Å². The van der Waals surface area contributed by atoms with Gasteiger partial charge >= 0.3 is 6.09 Å². The van der Waals surface area contributed by atoms with Gasteiger partial charge in [0.2, 0.25) is 5.91 Å². The molecule has 0 aromatic heterocycles. The number of hydrogen-bond donors (Lipinski definition) is 1. The van der Waals surface area contributed by atoms with Crippen molar-refractivity contribution in [3.05, 3.63) is 78.4 Å². The maximum Gasteiger partial charge on any atom is 0.410 e. The van der Waals surface area contributed by atoms with Crippen LogP contribution in [-0.4, -0.2) is 85.4 Å². The highest BCUT2D eigenvalue weighted by molar-refractivity contribution is 5.95. The molecule has 0 radical (unpaired) electrons. The van der Waals surface area contributed by atoms with Gasteiger partial charge in [0.15, 0.2) is 11.5 Å². The van der Waals surface area contributed by atoms with Crippen molar-refractivity contribution < 1.29 is 33.3 Å². The number of azo groups is 1. The van der Waals surface area contributed by atoms with Gasteiger partial charge in [0, 0.05) is 18.8 Å². The summed E-state index contributed by atoms with van der Waals surface area (Å²) in [7, 11) is 3.15. The Kier molecular flexibility index (Phi) is 10.4. The summed E-state index contributed by atoms with van der Waals surface area (Å²) in [5, 5.41) is 11.3. The van der Waals surface area contributed by atoms with Crippen LogP contribution in [0.15, 0.2) is 83.0 Å². The first-order chi connectivity index (χ1) is 22.5. The molecule has 2 fully saturated rings. The number of morpholine rings is 1. The van der Waals surface area contributed by atoms with E-state index in [0.29, 0.717) is 35.8 Å². The van der Waals surface area contributed by atoms with Crippen LogP contribution in [0, 0.1) is 0 Å². The van der Waals surface area contributed by atoms with Gasteiger partial charge in [-0.1, -0.05) is 24.3 Å². The number of benzene rings is 3. The largest absolute Gasteiger partial charge is 0.493 e. The molecular weight excluding hydrogens is 602 g/mol. The van der Waals surface area contributed by atoms with Gasteiger partial charge in [0.25, 0.3) is 5.91 Å². The van der Waals surface area contributed by atoms with Gasteiger partial charge in [0.1, 0.15) is 11.7 Å². The molecule has 3 aromatic carbocycles. The van der Waals surface area contributed by atoms with Gasteiger partial charge in [0.05, 0.1) is 50.7 Å². The molecule has 2 heterocycles. The van der Waals surface area contributed by atoms with Crippen LogP contribution < -0.4 is 14.8 Å². The SMILES string of the molecule is COc1ccc(CCN2C(=O)C(CC(=O)Nc3ccc(N=Nc4ccccc4)cc3)OC3CN(C(=O)OC(C)(C)C)CC32)cc1OC. The summed E-state index contributed by atoms with van der Waals surface area (Å²) in [5.74, 6) is 0.529. The first-order valence-electron chi connectivity index (χ1n) is 15.5. The minimum absolute atomic E-state index is 0.184. The Morgan fingerprint density at radius 2 is 1.60 bits per heavy atom. The molecule has 0 aliphatic carbocycles. The fourth-order valence-corrected chi connectivity index (χ4v) is 5.58. The van der Waals surface area contributed by atoms with E-state index >= 15 is 0 Å². The highest BCUT2D eigenvalue weighted by atomic mass is 16.6. The van der Waals surface area contributed by atoms with Crippen molar-refractivity contribution in [1.29, 1.82) is 0 Å². The standard InChI is InChI=1S/C35H41N5O7/c1-35(2,3)47-34(43)39-21-27-31(22-39)46-30(33(42)40(27)18-17-23-11-16-28(44-4)29(19-23)45-5)20-32(41)36-24-12-14-26(15-13-24)38-37-25-9-7-6-8-10-25/h6-16,19,27,30-31H,17-18,20-22H2,1-5H3,(H,36,41). The molecule has 3 aromatic rings. The van der Waals surface area contributed by atoms with Crippen molar-refractivity contribution in [2.75, 3.05) is 39.2 Å². The molecule has 2 aliphatic heterocycles. The van der Waals surface area contributed by atoms with Crippen LogP contribution in [0.3, 0.4) is 0 Å². The molecule has 3 unspecified atom stereocenters. The summed E-state index contributed by atoms with van der Waals surface area (Å²) in [4.78, 5) is 43.3. The number of carbonyl (C=O) groups is 3. The van der Waals surface area contributed by atoms with Gasteiger partial charge in [-0.2, -0.15) is 10.2 Å². The maximum absolute atomic E-state index is 13.9. The third-order valence-corrected chi connectivity index (χ3v) is 7.83. The van der Waals surface area contributed by atoms with E-state index in [0.717, 1.165) is 11.3 Å². The second-order valence-electron chi connectivity index (χ2n) is 12.4. The van der Waals surface area contributed by atoms with Crippen molar-refractivity contribution in [3.63, 3.8) is 0 Å². The zero-order valence-corrected chi connectivity index (χ0v) is 27.3. The van der Waals surface area contributed by atoms with E-state index in [-0.39, 0.29) is 37.4 Å². The van der Waals surface area contributed by atoms with E-state index in [2.05, 4.69) is 15.5 Å². The molecule has 47 heavy (non-hydrogen) atoms. The van der Waals surface area contributed by atoms with Crippen molar-refractivity contribution in [1.82, 2.24) is 9.80 Å². The Hall–Kier alpha value is -4.97. The number of carbonyl (C=O) groups excluding carboxylic acids is 3. The van der Waals surface area contributed by atoms with Crippen molar-refractivity contribution >= 4 is 35.0 Å². The number of fused-ring (bicyclic) bond motifs is 1. The summed E-state index contributed by atoms with van der Waals surface area (Å²) in [6.45, 7) is 6.29. The normalized spacial score (nSPS) is 19.4. The Morgan fingerprint density at radius 1 is 0.915 bits per heavy atom. The first kappa shape index (κ1) is 33.4. The molecule has 0 spiro atoms. The van der Waals surface area contributed by atoms with Crippen molar-refractivity contribution in [2.45, 2.75) is 57.5 Å². The monoisotopic (exact) mass is 643 g/mol. The summed E-state index contributed by atoms with van der Waals surface area (Å²) < 4.78 is 22.6. The highest BCUT2D eigenvalue weighted by Crippen LogP contribution is 2.31. The molecular formula is C35H41N5O7. The molecule has 248 valence electrons. The molecule has 5 rings (SSSR count). The number of nitrogens with one attached hydrogen (secondary N) is 1. The molecule has 0 saturated carbocycles. The van der Waals surface area contributed by atoms with Crippen LogP contribution in [0.4, 0.5) is 21.9 Å². The number of methoxy groups -OCH3 is 2. The highest BCUT2D eigenvalue weighted by Gasteiger charge is 2.49. The van der Waals surface area contributed by atoms with Crippen LogP contribution in [0.5, 0.6) is 11.5 Å². The number of rotatable bonds is 10. The molecule has 3 amide bonds.